The van der Waals surface area contributed by atoms with Crippen LogP contribution >= 0.6 is 15.9 Å². The summed E-state index contributed by atoms with van der Waals surface area (Å²) in [6.45, 7) is 2.80. The van der Waals surface area contributed by atoms with Crippen LogP contribution in [0.15, 0.2) is 41.1 Å². The Hall–Kier alpha value is -1.62. The van der Waals surface area contributed by atoms with Gasteiger partial charge in [0.2, 0.25) is 5.88 Å². The highest BCUT2D eigenvalue weighted by molar-refractivity contribution is 9.10. The fraction of sp³-hybridized carbons (Fsp3) is 0.167. The van der Waals surface area contributed by atoms with Crippen molar-refractivity contribution in [3.05, 3.63) is 41.1 Å². The predicted octanol–water partition coefficient (Wildman–Crippen LogP) is 3.46. The average molecular weight is 294 g/mol. The predicted molar refractivity (Wildman–Crippen MR) is 70.4 cm³/mol. The van der Waals surface area contributed by atoms with Gasteiger partial charge in [0.1, 0.15) is 11.6 Å². The lowest BCUT2D eigenvalue weighted by Gasteiger charge is -2.07. The monoisotopic (exact) mass is 293 g/mol. The van der Waals surface area contributed by atoms with E-state index in [0.717, 1.165) is 16.8 Å². The molecule has 0 atom stereocenters. The Bertz CT molecular complexity index is 505. The quantitative estimate of drug-likeness (QED) is 0.938. The summed E-state index contributed by atoms with van der Waals surface area (Å²) < 4.78 is 6.52. The molecular formula is C12H12BrN3O. The van der Waals surface area contributed by atoms with Gasteiger partial charge < -0.3 is 10.1 Å². The topological polar surface area (TPSA) is 47.0 Å². The molecule has 0 saturated heterocycles. The number of aromatic nitrogens is 2. The second-order valence-corrected chi connectivity index (χ2v) is 4.16. The molecule has 2 rings (SSSR count). The SMILES string of the molecule is CCNc1cncc(Oc2ccccc2Br)n1. The largest absolute Gasteiger partial charge is 0.436 e. The zero-order valence-electron chi connectivity index (χ0n) is 9.35. The van der Waals surface area contributed by atoms with Crippen LogP contribution in [0.25, 0.3) is 0 Å². The molecule has 0 aliphatic rings. The molecule has 88 valence electrons. The molecule has 1 heterocycles. The maximum Gasteiger partial charge on any atom is 0.239 e. The van der Waals surface area contributed by atoms with E-state index in [2.05, 4.69) is 31.2 Å². The third-order valence-corrected chi connectivity index (χ3v) is 2.68. The second-order valence-electron chi connectivity index (χ2n) is 3.31. The lowest BCUT2D eigenvalue weighted by atomic mass is 10.3. The van der Waals surface area contributed by atoms with Crippen LogP contribution in [0.2, 0.25) is 0 Å². The van der Waals surface area contributed by atoms with Crippen molar-refractivity contribution in [1.82, 2.24) is 9.97 Å². The van der Waals surface area contributed by atoms with Gasteiger partial charge in [-0.15, -0.1) is 0 Å². The van der Waals surface area contributed by atoms with Crippen molar-refractivity contribution < 1.29 is 4.74 Å². The summed E-state index contributed by atoms with van der Waals surface area (Å²) in [6, 6.07) is 7.61. The van der Waals surface area contributed by atoms with Crippen molar-refractivity contribution in [2.75, 3.05) is 11.9 Å². The molecule has 0 spiro atoms. The molecule has 0 aliphatic heterocycles. The summed E-state index contributed by atoms with van der Waals surface area (Å²) in [7, 11) is 0. The third kappa shape index (κ3) is 3.17. The zero-order chi connectivity index (χ0) is 12.1. The Morgan fingerprint density at radius 3 is 2.88 bits per heavy atom. The van der Waals surface area contributed by atoms with Crippen molar-refractivity contribution in [1.29, 1.82) is 0 Å². The number of hydrogen-bond acceptors (Lipinski definition) is 4. The first-order valence-electron chi connectivity index (χ1n) is 5.28. The molecule has 0 radical (unpaired) electrons. The van der Waals surface area contributed by atoms with Gasteiger partial charge in [0.25, 0.3) is 0 Å². The zero-order valence-corrected chi connectivity index (χ0v) is 10.9. The van der Waals surface area contributed by atoms with E-state index in [1.807, 2.05) is 31.2 Å². The van der Waals surface area contributed by atoms with Crippen LogP contribution in [0.5, 0.6) is 11.6 Å². The van der Waals surface area contributed by atoms with Gasteiger partial charge in [-0.05, 0) is 35.0 Å². The summed E-state index contributed by atoms with van der Waals surface area (Å²) in [5.41, 5.74) is 0. The average Bonchev–Trinajstić information content (AvgIpc) is 2.33. The smallest absolute Gasteiger partial charge is 0.239 e. The number of hydrogen-bond donors (Lipinski definition) is 1. The lowest BCUT2D eigenvalue weighted by molar-refractivity contribution is 0.458. The molecule has 0 fully saturated rings. The minimum atomic E-state index is 0.468. The van der Waals surface area contributed by atoms with E-state index >= 15 is 0 Å². The van der Waals surface area contributed by atoms with Crippen molar-refractivity contribution >= 4 is 21.7 Å². The fourth-order valence-corrected chi connectivity index (χ4v) is 1.67. The summed E-state index contributed by atoms with van der Waals surface area (Å²) in [5, 5.41) is 3.08. The highest BCUT2D eigenvalue weighted by Gasteiger charge is 2.03. The molecule has 1 aromatic carbocycles. The number of anilines is 1. The van der Waals surface area contributed by atoms with Gasteiger partial charge in [0.05, 0.1) is 16.9 Å². The van der Waals surface area contributed by atoms with Crippen LogP contribution in [0.4, 0.5) is 5.82 Å². The molecule has 2 aromatic rings. The van der Waals surface area contributed by atoms with Crippen molar-refractivity contribution in [3.8, 4) is 11.6 Å². The van der Waals surface area contributed by atoms with E-state index in [9.17, 15) is 0 Å². The number of halogens is 1. The minimum absolute atomic E-state index is 0.468. The number of nitrogens with zero attached hydrogens (tertiary/aromatic N) is 2. The van der Waals surface area contributed by atoms with Crippen LogP contribution < -0.4 is 10.1 Å². The van der Waals surface area contributed by atoms with Crippen molar-refractivity contribution in [2.45, 2.75) is 6.92 Å². The molecule has 4 nitrogen and oxygen atoms in total. The molecule has 17 heavy (non-hydrogen) atoms. The third-order valence-electron chi connectivity index (χ3n) is 2.02. The van der Waals surface area contributed by atoms with Crippen LogP contribution in [0.1, 0.15) is 6.92 Å². The normalized spacial score (nSPS) is 10.0. The Balaban J connectivity index is 2.18. The van der Waals surface area contributed by atoms with Gasteiger partial charge >= 0.3 is 0 Å². The van der Waals surface area contributed by atoms with E-state index in [1.54, 1.807) is 12.4 Å². The first-order valence-corrected chi connectivity index (χ1v) is 6.07. The molecule has 1 aromatic heterocycles. The van der Waals surface area contributed by atoms with Gasteiger partial charge in [-0.3, -0.25) is 4.98 Å². The molecule has 0 saturated carbocycles. The van der Waals surface area contributed by atoms with Gasteiger partial charge in [-0.25, -0.2) is 0 Å². The Labute approximate surface area is 108 Å². The first kappa shape index (κ1) is 11.9. The summed E-state index contributed by atoms with van der Waals surface area (Å²) in [5.74, 6) is 1.89. The minimum Gasteiger partial charge on any atom is -0.436 e. The maximum atomic E-state index is 5.64. The molecule has 0 aliphatic carbocycles. The van der Waals surface area contributed by atoms with Crippen LogP contribution in [0.3, 0.4) is 0 Å². The van der Waals surface area contributed by atoms with Crippen molar-refractivity contribution in [2.24, 2.45) is 0 Å². The second kappa shape index (κ2) is 5.63. The van der Waals surface area contributed by atoms with E-state index in [4.69, 9.17) is 4.74 Å². The number of para-hydroxylation sites is 1. The lowest BCUT2D eigenvalue weighted by Crippen LogP contribution is -2.00. The van der Waals surface area contributed by atoms with Crippen LogP contribution in [-0.4, -0.2) is 16.5 Å². The van der Waals surface area contributed by atoms with E-state index in [-0.39, 0.29) is 0 Å². The van der Waals surface area contributed by atoms with Gasteiger partial charge in [-0.2, -0.15) is 4.98 Å². The molecule has 0 unspecified atom stereocenters. The molecular weight excluding hydrogens is 282 g/mol. The molecule has 1 N–H and O–H groups in total. The Morgan fingerprint density at radius 1 is 1.29 bits per heavy atom. The van der Waals surface area contributed by atoms with Crippen LogP contribution in [-0.2, 0) is 0 Å². The summed E-state index contributed by atoms with van der Waals surface area (Å²) >= 11 is 3.41. The van der Waals surface area contributed by atoms with Gasteiger partial charge in [0, 0.05) is 6.54 Å². The van der Waals surface area contributed by atoms with Crippen LogP contribution in [0, 0.1) is 0 Å². The van der Waals surface area contributed by atoms with E-state index in [0.29, 0.717) is 11.7 Å². The fourth-order valence-electron chi connectivity index (χ4n) is 1.30. The Morgan fingerprint density at radius 2 is 2.12 bits per heavy atom. The number of nitrogens with one attached hydrogen (secondary N) is 1. The number of benzene rings is 1. The molecule has 5 heteroatoms. The maximum absolute atomic E-state index is 5.64. The summed E-state index contributed by atoms with van der Waals surface area (Å²) in [4.78, 5) is 8.35. The standard InChI is InChI=1S/C12H12BrN3O/c1-2-15-11-7-14-8-12(16-11)17-10-6-4-3-5-9(10)13/h3-8H,2H2,1H3,(H,15,16). The number of ether oxygens (including phenoxy) is 1. The van der Waals surface area contributed by atoms with E-state index in [1.165, 1.54) is 0 Å². The Kier molecular flexibility index (Phi) is 3.93. The first-order chi connectivity index (χ1) is 8.29. The molecule has 0 amide bonds. The molecule has 0 bridgehead atoms. The highest BCUT2D eigenvalue weighted by atomic mass is 79.9. The summed E-state index contributed by atoms with van der Waals surface area (Å²) in [6.07, 6.45) is 3.25. The highest BCUT2D eigenvalue weighted by Crippen LogP contribution is 2.28. The number of rotatable bonds is 4. The van der Waals surface area contributed by atoms with Gasteiger partial charge in [-0.1, -0.05) is 12.1 Å². The van der Waals surface area contributed by atoms with E-state index < -0.39 is 0 Å². The van der Waals surface area contributed by atoms with Gasteiger partial charge in [0.15, 0.2) is 0 Å². The van der Waals surface area contributed by atoms with Crippen molar-refractivity contribution in [3.63, 3.8) is 0 Å².